The van der Waals surface area contributed by atoms with Crippen LogP contribution in [0.25, 0.3) is 0 Å². The maximum absolute atomic E-state index is 16.3. The summed E-state index contributed by atoms with van der Waals surface area (Å²) in [6.45, 7) is 1.94. The van der Waals surface area contributed by atoms with E-state index in [1.54, 1.807) is 0 Å². The van der Waals surface area contributed by atoms with Gasteiger partial charge < -0.3 is 37.9 Å². The fourth-order valence-electron chi connectivity index (χ4n) is 10.5. The SMILES string of the molecule is O=C([C@H]1O[C@H](OCc2ccccc2)[C@@H](OCc2ccccc2)[C@@H](OCc2ccccc2)[C@@H]1OCc1ccccc1)[C@@H]1CC=C[C@@H]2[C@H](OCc3ccccc3)[C@H](OCc3ccccc3)[C@@H](OCc3ccccc3)[C@H]21. The Morgan fingerprint density at radius 2 is 0.658 bits per heavy atom. The molecule has 1 aliphatic heterocycles. The first-order valence-corrected chi connectivity index (χ1v) is 25.6. The molecule has 1 saturated heterocycles. The summed E-state index contributed by atoms with van der Waals surface area (Å²) in [5.74, 6) is -1.32. The van der Waals surface area contributed by atoms with Crippen molar-refractivity contribution < 1.29 is 42.7 Å². The van der Waals surface area contributed by atoms with Gasteiger partial charge in [0.05, 0.1) is 58.5 Å². The third-order valence-electron chi connectivity index (χ3n) is 14.2. The molecule has 9 heteroatoms. The minimum absolute atomic E-state index is 0.126. The number of Topliss-reactive ketones (excluding diaryl/α,β-unsaturated/α-hetero) is 1. The van der Waals surface area contributed by atoms with Gasteiger partial charge in [0.15, 0.2) is 12.1 Å². The molecule has 10 rings (SSSR count). The minimum Gasteiger partial charge on any atom is -0.370 e. The van der Waals surface area contributed by atoms with Crippen LogP contribution >= 0.6 is 0 Å². The average Bonchev–Trinajstić information content (AvgIpc) is 3.76. The Kier molecular flexibility index (Phi) is 17.5. The average molecular weight is 977 g/mol. The number of carbonyl (C=O) groups is 1. The molecular weight excluding hydrogens is 913 g/mol. The fraction of sp³-hybridized carbons (Fsp3) is 0.297. The van der Waals surface area contributed by atoms with Crippen LogP contribution in [-0.4, -0.2) is 54.8 Å². The highest BCUT2D eigenvalue weighted by molar-refractivity contribution is 5.87. The van der Waals surface area contributed by atoms with E-state index in [0.717, 1.165) is 38.9 Å². The molecule has 374 valence electrons. The van der Waals surface area contributed by atoms with Gasteiger partial charge in [0.1, 0.15) is 30.5 Å². The molecule has 2 fully saturated rings. The van der Waals surface area contributed by atoms with Crippen molar-refractivity contribution in [3.63, 3.8) is 0 Å². The quantitative estimate of drug-likeness (QED) is 0.0581. The van der Waals surface area contributed by atoms with Crippen molar-refractivity contribution in [3.8, 4) is 0 Å². The van der Waals surface area contributed by atoms with E-state index in [0.29, 0.717) is 26.2 Å². The Balaban J connectivity index is 1.04. The Morgan fingerprint density at radius 3 is 1.04 bits per heavy atom. The number of allylic oxidation sites excluding steroid dienone is 1. The Hall–Kier alpha value is -6.37. The van der Waals surface area contributed by atoms with E-state index >= 15 is 4.79 Å². The summed E-state index contributed by atoms with van der Waals surface area (Å²) in [4.78, 5) is 16.3. The molecule has 73 heavy (non-hydrogen) atoms. The fourth-order valence-corrected chi connectivity index (χ4v) is 10.5. The molecule has 9 nitrogen and oxygen atoms in total. The zero-order valence-corrected chi connectivity index (χ0v) is 41.0. The van der Waals surface area contributed by atoms with Gasteiger partial charge in [-0.15, -0.1) is 0 Å². The van der Waals surface area contributed by atoms with Gasteiger partial charge in [-0.1, -0.05) is 224 Å². The van der Waals surface area contributed by atoms with Crippen LogP contribution in [0.5, 0.6) is 0 Å². The normalized spacial score (nSPS) is 25.5. The highest BCUT2D eigenvalue weighted by atomic mass is 16.7. The van der Waals surface area contributed by atoms with Gasteiger partial charge in [-0.25, -0.2) is 0 Å². The summed E-state index contributed by atoms with van der Waals surface area (Å²) in [7, 11) is 0. The van der Waals surface area contributed by atoms with Crippen LogP contribution in [0.2, 0.25) is 0 Å². The molecule has 1 heterocycles. The molecule has 7 aromatic rings. The molecule has 0 spiro atoms. The number of hydrogen-bond donors (Lipinski definition) is 0. The van der Waals surface area contributed by atoms with Crippen LogP contribution in [-0.2, 0) is 88.9 Å². The molecular formula is C64H64O9. The number of hydrogen-bond acceptors (Lipinski definition) is 9. The van der Waals surface area contributed by atoms with Crippen molar-refractivity contribution in [2.24, 2.45) is 17.8 Å². The van der Waals surface area contributed by atoms with Gasteiger partial charge in [-0.05, 0) is 45.4 Å². The smallest absolute Gasteiger partial charge is 0.187 e. The second-order valence-electron chi connectivity index (χ2n) is 19.1. The highest BCUT2D eigenvalue weighted by Gasteiger charge is 2.60. The molecule has 0 unspecified atom stereocenters. The zero-order chi connectivity index (χ0) is 49.4. The lowest BCUT2D eigenvalue weighted by molar-refractivity contribution is -0.320. The molecule has 0 radical (unpaired) electrons. The maximum atomic E-state index is 16.3. The number of ketones is 1. The van der Waals surface area contributed by atoms with Crippen LogP contribution in [0, 0.1) is 17.8 Å². The van der Waals surface area contributed by atoms with Crippen molar-refractivity contribution in [2.75, 3.05) is 0 Å². The number of benzene rings is 7. The summed E-state index contributed by atoms with van der Waals surface area (Å²) in [5, 5.41) is 0. The van der Waals surface area contributed by atoms with Gasteiger partial charge in [0.25, 0.3) is 0 Å². The Bertz CT molecular complexity index is 2730. The van der Waals surface area contributed by atoms with Gasteiger partial charge in [-0.3, -0.25) is 4.79 Å². The summed E-state index contributed by atoms with van der Waals surface area (Å²) < 4.78 is 56.1. The van der Waals surface area contributed by atoms with Crippen LogP contribution < -0.4 is 0 Å². The largest absolute Gasteiger partial charge is 0.370 e. The summed E-state index contributed by atoms with van der Waals surface area (Å²) in [6.07, 6.45) is -1.44. The van der Waals surface area contributed by atoms with Crippen molar-refractivity contribution in [1.82, 2.24) is 0 Å². The van der Waals surface area contributed by atoms with Gasteiger partial charge >= 0.3 is 0 Å². The molecule has 0 N–H and O–H groups in total. The van der Waals surface area contributed by atoms with Crippen molar-refractivity contribution in [3.05, 3.63) is 263 Å². The first kappa shape index (κ1) is 50.2. The first-order chi connectivity index (χ1) is 36.1. The van der Waals surface area contributed by atoms with Crippen molar-refractivity contribution in [1.29, 1.82) is 0 Å². The lowest BCUT2D eigenvalue weighted by Crippen LogP contribution is -2.63. The van der Waals surface area contributed by atoms with E-state index in [2.05, 4.69) is 48.6 Å². The number of carbonyl (C=O) groups excluding carboxylic acids is 1. The zero-order valence-electron chi connectivity index (χ0n) is 41.0. The second kappa shape index (κ2) is 25.5. The van der Waals surface area contributed by atoms with Crippen molar-refractivity contribution >= 4 is 5.78 Å². The van der Waals surface area contributed by atoms with E-state index in [1.165, 1.54) is 0 Å². The first-order valence-electron chi connectivity index (χ1n) is 25.6. The number of rotatable bonds is 23. The molecule has 7 aromatic carbocycles. The third-order valence-corrected chi connectivity index (χ3v) is 14.2. The molecule has 1 saturated carbocycles. The number of ether oxygens (including phenoxy) is 8. The maximum Gasteiger partial charge on any atom is 0.187 e. The second-order valence-corrected chi connectivity index (χ2v) is 19.1. The molecule has 11 atom stereocenters. The van der Waals surface area contributed by atoms with Crippen molar-refractivity contribution in [2.45, 2.75) is 102 Å². The summed E-state index contributed by atoms with van der Waals surface area (Å²) in [6, 6.07) is 70.5. The number of fused-ring (bicyclic) bond motifs is 1. The lowest BCUT2D eigenvalue weighted by Gasteiger charge is -2.47. The molecule has 2 aliphatic carbocycles. The summed E-state index contributed by atoms with van der Waals surface area (Å²) >= 11 is 0. The molecule has 0 aromatic heterocycles. The highest BCUT2D eigenvalue weighted by Crippen LogP contribution is 2.49. The van der Waals surface area contributed by atoms with E-state index in [-0.39, 0.29) is 44.0 Å². The van der Waals surface area contributed by atoms with Crippen LogP contribution in [0.4, 0.5) is 0 Å². The third kappa shape index (κ3) is 13.1. The topological polar surface area (TPSA) is 90.9 Å². The standard InChI is InChI=1S/C64H64O9/c65-56(53-37-22-38-54-55(53)58(67-40-47-25-10-2-11-26-47)60(68-41-48-27-12-3-13-28-48)57(54)66-39-46-23-8-1-9-24-46)59-61(69-42-49-29-14-4-15-30-49)62(70-43-50-31-16-5-17-32-50)63(71-44-51-33-18-6-19-34-51)64(73-59)72-45-52-35-20-7-21-36-52/h1-36,38,53-55,57-64H,37,39-45H2/t53-,54+,55+,57+,58+,59-,60+,61-,62+,63+,64+/m1/s1. The van der Waals surface area contributed by atoms with E-state index < -0.39 is 54.9 Å². The molecule has 3 aliphatic rings. The van der Waals surface area contributed by atoms with Crippen LogP contribution in [0.3, 0.4) is 0 Å². The van der Waals surface area contributed by atoms with E-state index in [1.807, 2.05) is 176 Å². The monoisotopic (exact) mass is 976 g/mol. The molecule has 0 amide bonds. The summed E-state index contributed by atoms with van der Waals surface area (Å²) in [5.41, 5.74) is 6.94. The predicted octanol–water partition coefficient (Wildman–Crippen LogP) is 11.8. The Labute approximate surface area is 429 Å². The minimum atomic E-state index is -1.14. The van der Waals surface area contributed by atoms with Crippen LogP contribution in [0.1, 0.15) is 45.4 Å². The molecule has 0 bridgehead atoms. The van der Waals surface area contributed by atoms with Gasteiger partial charge in [0.2, 0.25) is 0 Å². The van der Waals surface area contributed by atoms with Crippen LogP contribution in [0.15, 0.2) is 224 Å². The predicted molar refractivity (Wildman–Crippen MR) is 279 cm³/mol. The van der Waals surface area contributed by atoms with Gasteiger partial charge in [-0.2, -0.15) is 0 Å². The van der Waals surface area contributed by atoms with E-state index in [4.69, 9.17) is 37.9 Å². The Morgan fingerprint density at radius 1 is 0.356 bits per heavy atom. The van der Waals surface area contributed by atoms with Gasteiger partial charge in [0, 0.05) is 17.8 Å². The van der Waals surface area contributed by atoms with E-state index in [9.17, 15) is 0 Å². The lowest BCUT2D eigenvalue weighted by atomic mass is 9.72.